The molecule has 0 spiro atoms. The molecule has 0 unspecified atom stereocenters. The Labute approximate surface area is 147 Å². The molecule has 0 aliphatic carbocycles. The Morgan fingerprint density at radius 1 is 0.923 bits per heavy atom. The number of hydrogen-bond acceptors (Lipinski definition) is 7. The van der Waals surface area contributed by atoms with E-state index in [1.54, 1.807) is 18.2 Å². The van der Waals surface area contributed by atoms with Crippen LogP contribution in [0.2, 0.25) is 0 Å². The molecular formula is C18H11NO6S. The zero-order chi connectivity index (χ0) is 18.1. The molecule has 3 heterocycles. The van der Waals surface area contributed by atoms with Crippen molar-refractivity contribution in [1.29, 1.82) is 0 Å². The SMILES string of the molecule is O=C(c1ccco1)c1coc(-c2ccon2)c1S(=O)(=O)c1ccccc1. The van der Waals surface area contributed by atoms with E-state index in [0.29, 0.717) is 0 Å². The molecule has 0 saturated carbocycles. The molecule has 0 amide bonds. The molecule has 0 radical (unpaired) electrons. The van der Waals surface area contributed by atoms with Crippen LogP contribution in [-0.2, 0) is 9.84 Å². The molecule has 1 aromatic carbocycles. The smallest absolute Gasteiger partial charge is 0.232 e. The van der Waals surface area contributed by atoms with Crippen LogP contribution in [0.3, 0.4) is 0 Å². The quantitative estimate of drug-likeness (QED) is 0.495. The maximum absolute atomic E-state index is 13.2. The first kappa shape index (κ1) is 16.1. The van der Waals surface area contributed by atoms with Crippen LogP contribution in [0.15, 0.2) is 90.5 Å². The second-order valence-corrected chi connectivity index (χ2v) is 7.20. The van der Waals surface area contributed by atoms with Crippen molar-refractivity contribution in [1.82, 2.24) is 5.16 Å². The van der Waals surface area contributed by atoms with Crippen molar-refractivity contribution in [2.24, 2.45) is 0 Å². The first-order chi connectivity index (χ1) is 12.6. The van der Waals surface area contributed by atoms with Crippen molar-refractivity contribution in [2.75, 3.05) is 0 Å². The summed E-state index contributed by atoms with van der Waals surface area (Å²) in [5.74, 6) is -0.678. The lowest BCUT2D eigenvalue weighted by Gasteiger charge is -2.06. The highest BCUT2D eigenvalue weighted by Gasteiger charge is 2.34. The van der Waals surface area contributed by atoms with E-state index in [2.05, 4.69) is 5.16 Å². The van der Waals surface area contributed by atoms with Crippen molar-refractivity contribution >= 4 is 15.6 Å². The van der Waals surface area contributed by atoms with E-state index in [4.69, 9.17) is 13.4 Å². The van der Waals surface area contributed by atoms with Crippen molar-refractivity contribution < 1.29 is 26.6 Å². The van der Waals surface area contributed by atoms with Gasteiger partial charge in [0.2, 0.25) is 15.6 Å². The molecule has 4 rings (SSSR count). The molecule has 7 nitrogen and oxygen atoms in total. The molecule has 4 aromatic rings. The highest BCUT2D eigenvalue weighted by atomic mass is 32.2. The van der Waals surface area contributed by atoms with Gasteiger partial charge in [0.1, 0.15) is 17.4 Å². The van der Waals surface area contributed by atoms with Crippen molar-refractivity contribution in [3.8, 4) is 11.5 Å². The first-order valence-electron chi connectivity index (χ1n) is 7.49. The van der Waals surface area contributed by atoms with Crippen molar-refractivity contribution in [2.45, 2.75) is 9.79 Å². The van der Waals surface area contributed by atoms with E-state index in [1.165, 1.54) is 42.9 Å². The van der Waals surface area contributed by atoms with E-state index in [9.17, 15) is 13.2 Å². The topological polar surface area (TPSA) is 104 Å². The van der Waals surface area contributed by atoms with Gasteiger partial charge in [0.15, 0.2) is 17.2 Å². The molecule has 0 aliphatic heterocycles. The molecule has 0 aliphatic rings. The van der Waals surface area contributed by atoms with E-state index < -0.39 is 15.6 Å². The van der Waals surface area contributed by atoms with Crippen LogP contribution in [-0.4, -0.2) is 19.4 Å². The Morgan fingerprint density at radius 3 is 2.38 bits per heavy atom. The van der Waals surface area contributed by atoms with Gasteiger partial charge >= 0.3 is 0 Å². The van der Waals surface area contributed by atoms with Crippen LogP contribution in [0.4, 0.5) is 0 Å². The second kappa shape index (κ2) is 6.16. The van der Waals surface area contributed by atoms with Crippen molar-refractivity contribution in [3.63, 3.8) is 0 Å². The molecule has 3 aromatic heterocycles. The molecular weight excluding hydrogens is 358 g/mol. The summed E-state index contributed by atoms with van der Waals surface area (Å²) in [6.45, 7) is 0. The minimum absolute atomic E-state index is 0.00187. The third-order valence-corrected chi connectivity index (χ3v) is 5.56. The Balaban J connectivity index is 1.97. The molecule has 26 heavy (non-hydrogen) atoms. The number of benzene rings is 1. The highest BCUT2D eigenvalue weighted by Crippen LogP contribution is 2.36. The van der Waals surface area contributed by atoms with E-state index in [1.807, 2.05) is 0 Å². The summed E-state index contributed by atoms with van der Waals surface area (Å²) in [5.41, 5.74) is 0.0276. The normalized spacial score (nSPS) is 11.5. The second-order valence-electron chi connectivity index (χ2n) is 5.32. The number of sulfone groups is 1. The number of furan rings is 2. The molecule has 0 saturated heterocycles. The lowest BCUT2D eigenvalue weighted by Crippen LogP contribution is -2.09. The predicted octanol–water partition coefficient (Wildman–Crippen LogP) is 3.59. The minimum Gasteiger partial charge on any atom is -0.461 e. The van der Waals surface area contributed by atoms with Crippen LogP contribution in [0.25, 0.3) is 11.5 Å². The van der Waals surface area contributed by atoms with Gasteiger partial charge in [-0.25, -0.2) is 8.42 Å². The Morgan fingerprint density at radius 2 is 1.73 bits per heavy atom. The zero-order valence-electron chi connectivity index (χ0n) is 13.2. The third kappa shape index (κ3) is 2.56. The van der Waals surface area contributed by atoms with Gasteiger partial charge in [-0.05, 0) is 24.3 Å². The Bertz CT molecular complexity index is 1140. The van der Waals surface area contributed by atoms with E-state index in [0.717, 1.165) is 6.26 Å². The maximum atomic E-state index is 13.2. The largest absolute Gasteiger partial charge is 0.461 e. The standard InChI is InChI=1S/C18H11NO6S/c20-16(15-7-4-9-23-15)13-11-24-17(14-8-10-25-19-14)18(13)26(21,22)12-5-2-1-3-6-12/h1-11H. The number of aromatic nitrogens is 1. The van der Waals surface area contributed by atoms with Gasteiger partial charge in [-0.2, -0.15) is 0 Å². The van der Waals surface area contributed by atoms with Gasteiger partial charge in [0.05, 0.1) is 16.7 Å². The number of nitrogens with zero attached hydrogens (tertiary/aromatic N) is 1. The van der Waals surface area contributed by atoms with Gasteiger partial charge in [-0.15, -0.1) is 0 Å². The van der Waals surface area contributed by atoms with Crippen LogP contribution in [0, 0.1) is 0 Å². The van der Waals surface area contributed by atoms with Gasteiger partial charge in [0.25, 0.3) is 0 Å². The average molecular weight is 369 g/mol. The third-order valence-electron chi connectivity index (χ3n) is 3.73. The fourth-order valence-corrected chi connectivity index (χ4v) is 4.11. The van der Waals surface area contributed by atoms with E-state index in [-0.39, 0.29) is 32.6 Å². The molecule has 0 fully saturated rings. The molecule has 8 heteroatoms. The van der Waals surface area contributed by atoms with Crippen LogP contribution in [0.1, 0.15) is 16.1 Å². The fraction of sp³-hybridized carbons (Fsp3) is 0. The molecule has 130 valence electrons. The maximum Gasteiger partial charge on any atom is 0.232 e. The molecule has 0 N–H and O–H groups in total. The summed E-state index contributed by atoms with van der Waals surface area (Å²) in [5, 5.41) is 3.72. The summed E-state index contributed by atoms with van der Waals surface area (Å²) in [4.78, 5) is 12.5. The van der Waals surface area contributed by atoms with Gasteiger partial charge in [0, 0.05) is 6.07 Å². The van der Waals surface area contributed by atoms with Gasteiger partial charge in [-0.3, -0.25) is 4.79 Å². The molecule has 0 bridgehead atoms. The highest BCUT2D eigenvalue weighted by molar-refractivity contribution is 7.91. The van der Waals surface area contributed by atoms with Crippen LogP contribution >= 0.6 is 0 Å². The fourth-order valence-electron chi connectivity index (χ4n) is 2.53. The molecule has 0 atom stereocenters. The summed E-state index contributed by atoms with van der Waals surface area (Å²) < 4.78 is 41.7. The number of ketones is 1. The van der Waals surface area contributed by atoms with Gasteiger partial charge < -0.3 is 13.4 Å². The monoisotopic (exact) mass is 369 g/mol. The minimum atomic E-state index is -4.06. The number of carbonyl (C=O) groups excluding carboxylic acids is 1. The summed E-state index contributed by atoms with van der Waals surface area (Å²) in [6, 6.07) is 12.2. The number of carbonyl (C=O) groups is 1. The van der Waals surface area contributed by atoms with Gasteiger partial charge in [-0.1, -0.05) is 23.4 Å². The summed E-state index contributed by atoms with van der Waals surface area (Å²) >= 11 is 0. The average Bonchev–Trinajstić information content (AvgIpc) is 3.42. The zero-order valence-corrected chi connectivity index (χ0v) is 14.0. The Hall–Kier alpha value is -3.39. The first-order valence-corrected chi connectivity index (χ1v) is 8.98. The number of rotatable bonds is 5. The van der Waals surface area contributed by atoms with E-state index >= 15 is 0 Å². The number of hydrogen-bond donors (Lipinski definition) is 0. The summed E-state index contributed by atoms with van der Waals surface area (Å²) in [6.07, 6.45) is 3.70. The lowest BCUT2D eigenvalue weighted by molar-refractivity contribution is 0.101. The lowest BCUT2D eigenvalue weighted by atomic mass is 10.1. The Kier molecular flexibility index (Phi) is 3.81. The predicted molar refractivity (Wildman–Crippen MR) is 88.2 cm³/mol. The van der Waals surface area contributed by atoms with Crippen molar-refractivity contribution in [3.05, 3.63) is 78.6 Å². The summed E-state index contributed by atoms with van der Waals surface area (Å²) in [7, 11) is -4.06. The van der Waals surface area contributed by atoms with Crippen LogP contribution in [0.5, 0.6) is 0 Å². The van der Waals surface area contributed by atoms with Crippen LogP contribution < -0.4 is 0 Å².